The van der Waals surface area contributed by atoms with Crippen molar-refractivity contribution in [3.05, 3.63) is 87.9 Å². The number of amides is 2. The third-order valence-corrected chi connectivity index (χ3v) is 6.65. The second kappa shape index (κ2) is 10.1. The van der Waals surface area contributed by atoms with Gasteiger partial charge in [-0.25, -0.2) is 4.79 Å². The zero-order chi connectivity index (χ0) is 24.2. The summed E-state index contributed by atoms with van der Waals surface area (Å²) in [6, 6.07) is 19.8. The highest BCUT2D eigenvalue weighted by Gasteiger charge is 2.30. The van der Waals surface area contributed by atoms with Crippen molar-refractivity contribution in [1.29, 1.82) is 0 Å². The zero-order valence-electron chi connectivity index (χ0n) is 18.4. The lowest BCUT2D eigenvalue weighted by Crippen LogP contribution is -2.45. The van der Waals surface area contributed by atoms with E-state index in [1.165, 1.54) is 0 Å². The summed E-state index contributed by atoms with van der Waals surface area (Å²) in [6.45, 7) is 1.93. The molecular weight excluding hydrogens is 500 g/mol. The second-order valence-corrected chi connectivity index (χ2v) is 8.93. The van der Waals surface area contributed by atoms with Crippen LogP contribution in [0.3, 0.4) is 0 Å². The van der Waals surface area contributed by atoms with E-state index < -0.39 is 30.4 Å². The molecule has 0 saturated carbocycles. The number of anilines is 1. The average molecular weight is 523 g/mol. The van der Waals surface area contributed by atoms with Crippen LogP contribution in [0.1, 0.15) is 29.0 Å². The molecule has 1 aliphatic carbocycles. The summed E-state index contributed by atoms with van der Waals surface area (Å²) in [6.07, 6.45) is -1.43. The van der Waals surface area contributed by atoms with Gasteiger partial charge in [-0.15, -0.1) is 0 Å². The van der Waals surface area contributed by atoms with Crippen molar-refractivity contribution in [2.45, 2.75) is 25.3 Å². The van der Waals surface area contributed by atoms with Crippen molar-refractivity contribution < 1.29 is 24.2 Å². The van der Waals surface area contributed by atoms with Crippen LogP contribution in [0.4, 0.5) is 10.5 Å². The van der Waals surface area contributed by atoms with Gasteiger partial charge < -0.3 is 20.5 Å². The first kappa shape index (κ1) is 23.5. The number of hydrogen-bond donors (Lipinski definition) is 3. The van der Waals surface area contributed by atoms with Crippen LogP contribution in [0.5, 0.6) is 0 Å². The molecule has 3 N–H and O–H groups in total. The second-order valence-electron chi connectivity index (χ2n) is 8.07. The molecule has 0 heterocycles. The molecule has 0 radical (unpaired) electrons. The van der Waals surface area contributed by atoms with Gasteiger partial charge in [-0.05, 0) is 52.9 Å². The molecule has 0 bridgehead atoms. The van der Waals surface area contributed by atoms with Gasteiger partial charge in [0.1, 0.15) is 12.6 Å². The fraction of sp³-hybridized carbons (Fsp3) is 0.192. The lowest BCUT2D eigenvalue weighted by atomic mass is 9.98. The lowest BCUT2D eigenvalue weighted by Gasteiger charge is -2.19. The molecule has 1 unspecified atom stereocenters. The predicted molar refractivity (Wildman–Crippen MR) is 132 cm³/mol. The van der Waals surface area contributed by atoms with E-state index >= 15 is 0 Å². The molecule has 174 valence electrons. The van der Waals surface area contributed by atoms with Gasteiger partial charge in [0.05, 0.1) is 6.42 Å². The average Bonchev–Trinajstić information content (AvgIpc) is 3.13. The highest BCUT2D eigenvalue weighted by Crippen LogP contribution is 2.44. The van der Waals surface area contributed by atoms with Crippen LogP contribution in [-0.4, -0.2) is 35.7 Å². The molecule has 2 amide bonds. The van der Waals surface area contributed by atoms with E-state index in [-0.39, 0.29) is 12.5 Å². The largest absolute Gasteiger partial charge is 0.481 e. The Hall–Kier alpha value is -3.65. The molecule has 0 spiro atoms. The number of carboxylic acid groups (broad SMARTS) is 1. The number of alkyl carbamates (subject to hydrolysis) is 1. The maximum absolute atomic E-state index is 12.7. The number of nitrogens with one attached hydrogen (secondary N) is 2. The van der Waals surface area contributed by atoms with Crippen LogP contribution in [0.2, 0.25) is 0 Å². The number of aliphatic carboxylic acids is 1. The minimum atomic E-state index is -1.29. The summed E-state index contributed by atoms with van der Waals surface area (Å²) in [5.74, 6) is -2.00. The SMILES string of the molecule is Cc1cc(NC(=O)C(CC(=O)O)NC(=O)OCC2c3ccccc3-c3ccccc32)ccc1Br. The number of rotatable bonds is 7. The first-order valence-corrected chi connectivity index (χ1v) is 11.5. The molecule has 0 saturated heterocycles. The molecular formula is C26H23BrN2O5. The van der Waals surface area contributed by atoms with Crippen LogP contribution in [0.25, 0.3) is 11.1 Å². The molecule has 1 aliphatic rings. The third kappa shape index (κ3) is 5.12. The fourth-order valence-corrected chi connectivity index (χ4v) is 4.36. The topological polar surface area (TPSA) is 105 Å². The maximum Gasteiger partial charge on any atom is 0.407 e. The van der Waals surface area contributed by atoms with E-state index in [1.807, 2.05) is 55.5 Å². The number of aryl methyl sites for hydroxylation is 1. The van der Waals surface area contributed by atoms with Crippen molar-refractivity contribution in [3.63, 3.8) is 0 Å². The molecule has 0 aromatic heterocycles. The van der Waals surface area contributed by atoms with Gasteiger partial charge in [0.2, 0.25) is 5.91 Å². The van der Waals surface area contributed by atoms with Crippen molar-refractivity contribution in [1.82, 2.24) is 5.32 Å². The van der Waals surface area contributed by atoms with Crippen LogP contribution >= 0.6 is 15.9 Å². The Kier molecular flexibility index (Phi) is 6.98. The first-order valence-electron chi connectivity index (χ1n) is 10.7. The number of fused-ring (bicyclic) bond motifs is 3. The molecule has 3 aromatic carbocycles. The number of halogens is 1. The summed E-state index contributed by atoms with van der Waals surface area (Å²) >= 11 is 3.39. The highest BCUT2D eigenvalue weighted by molar-refractivity contribution is 9.10. The van der Waals surface area contributed by atoms with E-state index in [0.29, 0.717) is 5.69 Å². The van der Waals surface area contributed by atoms with Gasteiger partial charge in [-0.1, -0.05) is 64.5 Å². The summed E-state index contributed by atoms with van der Waals surface area (Å²) in [7, 11) is 0. The molecule has 0 fully saturated rings. The van der Waals surface area contributed by atoms with Crippen LogP contribution in [0, 0.1) is 6.92 Å². The maximum atomic E-state index is 12.7. The summed E-state index contributed by atoms with van der Waals surface area (Å²) in [4.78, 5) is 36.6. The quantitative estimate of drug-likeness (QED) is 0.401. The van der Waals surface area contributed by atoms with Gasteiger partial charge in [0.15, 0.2) is 0 Å². The third-order valence-electron chi connectivity index (χ3n) is 5.76. The van der Waals surface area contributed by atoms with Crippen molar-refractivity contribution in [3.8, 4) is 11.1 Å². The van der Waals surface area contributed by atoms with E-state index in [4.69, 9.17) is 4.74 Å². The smallest absolute Gasteiger partial charge is 0.407 e. The van der Waals surface area contributed by atoms with Crippen LogP contribution in [0.15, 0.2) is 71.2 Å². The molecule has 4 rings (SSSR count). The van der Waals surface area contributed by atoms with Crippen LogP contribution < -0.4 is 10.6 Å². The molecule has 0 aliphatic heterocycles. The molecule has 1 atom stereocenters. The number of carboxylic acids is 1. The minimum absolute atomic E-state index is 0.0627. The number of hydrogen-bond acceptors (Lipinski definition) is 4. The monoisotopic (exact) mass is 522 g/mol. The van der Waals surface area contributed by atoms with Crippen LogP contribution in [-0.2, 0) is 14.3 Å². The van der Waals surface area contributed by atoms with E-state index in [1.54, 1.807) is 18.2 Å². The summed E-state index contributed by atoms with van der Waals surface area (Å²) < 4.78 is 6.34. The van der Waals surface area contributed by atoms with E-state index in [0.717, 1.165) is 32.3 Å². The Balaban J connectivity index is 1.43. The molecule has 7 nitrogen and oxygen atoms in total. The Morgan fingerprint density at radius 2 is 1.62 bits per heavy atom. The lowest BCUT2D eigenvalue weighted by molar-refractivity contribution is -0.139. The predicted octanol–water partition coefficient (Wildman–Crippen LogP) is 5.08. The van der Waals surface area contributed by atoms with Gasteiger partial charge in [-0.3, -0.25) is 9.59 Å². The number of benzene rings is 3. The first-order chi connectivity index (χ1) is 16.3. The van der Waals surface area contributed by atoms with Gasteiger partial charge >= 0.3 is 12.1 Å². The van der Waals surface area contributed by atoms with Gasteiger partial charge in [0.25, 0.3) is 0 Å². The van der Waals surface area contributed by atoms with E-state index in [9.17, 15) is 19.5 Å². The van der Waals surface area contributed by atoms with Crippen molar-refractivity contribution >= 4 is 39.6 Å². The summed E-state index contributed by atoms with van der Waals surface area (Å²) in [5.41, 5.74) is 5.71. The van der Waals surface area contributed by atoms with E-state index in [2.05, 4.69) is 26.6 Å². The normalized spacial score (nSPS) is 12.9. The number of ether oxygens (including phenoxy) is 1. The highest BCUT2D eigenvalue weighted by atomic mass is 79.9. The molecule has 8 heteroatoms. The molecule has 3 aromatic rings. The van der Waals surface area contributed by atoms with Gasteiger partial charge in [0, 0.05) is 16.1 Å². The molecule has 34 heavy (non-hydrogen) atoms. The Bertz CT molecular complexity index is 1210. The van der Waals surface area contributed by atoms with Gasteiger partial charge in [-0.2, -0.15) is 0 Å². The number of carbonyl (C=O) groups is 3. The Labute approximate surface area is 205 Å². The Morgan fingerprint density at radius 1 is 1.00 bits per heavy atom. The Morgan fingerprint density at radius 3 is 2.21 bits per heavy atom. The summed E-state index contributed by atoms with van der Waals surface area (Å²) in [5, 5.41) is 14.3. The standard InChI is InChI=1S/C26H23BrN2O5/c1-15-12-16(10-11-22(15)27)28-25(32)23(13-24(30)31)29-26(33)34-14-21-19-8-4-2-6-17(19)18-7-3-5-9-20(18)21/h2-12,21,23H,13-14H2,1H3,(H,28,32)(H,29,33)(H,30,31). The fourth-order valence-electron chi connectivity index (χ4n) is 4.12. The zero-order valence-corrected chi connectivity index (χ0v) is 20.0. The van der Waals surface area contributed by atoms with Crippen molar-refractivity contribution in [2.24, 2.45) is 0 Å². The minimum Gasteiger partial charge on any atom is -0.481 e. The number of carbonyl (C=O) groups excluding carboxylic acids is 2. The van der Waals surface area contributed by atoms with Crippen molar-refractivity contribution in [2.75, 3.05) is 11.9 Å².